The molecule has 0 fully saturated rings. The average Bonchev–Trinajstić information content (AvgIpc) is 2.02. The third-order valence-corrected chi connectivity index (χ3v) is 2.51. The molecule has 0 saturated heterocycles. The molecule has 0 spiro atoms. The van der Waals surface area contributed by atoms with Crippen LogP contribution < -0.4 is 0 Å². The molecule has 1 N–H and O–H groups in total. The fourth-order valence-electron chi connectivity index (χ4n) is 1.55. The Bertz CT molecular complexity index is 89.0. The van der Waals surface area contributed by atoms with E-state index in [2.05, 4.69) is 20.8 Å². The Morgan fingerprint density at radius 2 is 1.75 bits per heavy atom. The van der Waals surface area contributed by atoms with Gasteiger partial charge in [-0.25, -0.2) is 0 Å². The van der Waals surface area contributed by atoms with Crippen molar-refractivity contribution in [3.05, 3.63) is 0 Å². The lowest BCUT2D eigenvalue weighted by atomic mass is 9.94. The van der Waals surface area contributed by atoms with Gasteiger partial charge >= 0.3 is 0 Å². The zero-order chi connectivity index (χ0) is 9.40. The molecule has 0 heterocycles. The van der Waals surface area contributed by atoms with Crippen molar-refractivity contribution in [3.63, 3.8) is 0 Å². The lowest BCUT2D eigenvalue weighted by Crippen LogP contribution is -2.02. The highest BCUT2D eigenvalue weighted by molar-refractivity contribution is 4.57. The van der Waals surface area contributed by atoms with Gasteiger partial charge in [0.1, 0.15) is 0 Å². The molecule has 12 heavy (non-hydrogen) atoms. The van der Waals surface area contributed by atoms with Crippen molar-refractivity contribution >= 4 is 0 Å². The Labute approximate surface area is 77.2 Å². The van der Waals surface area contributed by atoms with Gasteiger partial charge in [-0.2, -0.15) is 0 Å². The van der Waals surface area contributed by atoms with Gasteiger partial charge in [0.15, 0.2) is 0 Å². The van der Waals surface area contributed by atoms with Crippen LogP contribution in [0.5, 0.6) is 0 Å². The topological polar surface area (TPSA) is 20.2 Å². The lowest BCUT2D eigenvalue weighted by molar-refractivity contribution is 0.246. The normalized spacial score (nSPS) is 13.8. The molecule has 1 nitrogen and oxygen atoms in total. The molecule has 1 atom stereocenters. The molecule has 0 radical (unpaired) electrons. The van der Waals surface area contributed by atoms with Gasteiger partial charge in [0.25, 0.3) is 0 Å². The highest BCUT2D eigenvalue weighted by Crippen LogP contribution is 2.17. The maximum Gasteiger partial charge on any atom is 0.0433 e. The molecule has 0 aromatic carbocycles. The third kappa shape index (κ3) is 6.66. The first-order valence-electron chi connectivity index (χ1n) is 5.31. The van der Waals surface area contributed by atoms with Crippen LogP contribution in [0.4, 0.5) is 0 Å². The van der Waals surface area contributed by atoms with E-state index < -0.39 is 0 Å². The number of hydrogen-bond donors (Lipinski definition) is 1. The SMILES string of the molecule is CCC(CCO)CCCC(C)C. The van der Waals surface area contributed by atoms with Crippen molar-refractivity contribution in [2.24, 2.45) is 11.8 Å². The maximum atomic E-state index is 8.78. The van der Waals surface area contributed by atoms with E-state index in [9.17, 15) is 0 Å². The fraction of sp³-hybridized carbons (Fsp3) is 1.00. The lowest BCUT2D eigenvalue weighted by Gasteiger charge is -2.13. The van der Waals surface area contributed by atoms with Crippen molar-refractivity contribution in [2.75, 3.05) is 6.61 Å². The van der Waals surface area contributed by atoms with Gasteiger partial charge in [-0.15, -0.1) is 0 Å². The molecule has 0 aromatic rings. The third-order valence-electron chi connectivity index (χ3n) is 2.51. The Kier molecular flexibility index (Phi) is 7.58. The summed E-state index contributed by atoms with van der Waals surface area (Å²) in [7, 11) is 0. The summed E-state index contributed by atoms with van der Waals surface area (Å²) in [4.78, 5) is 0. The summed E-state index contributed by atoms with van der Waals surface area (Å²) in [5.74, 6) is 1.59. The Hall–Kier alpha value is -0.0400. The zero-order valence-corrected chi connectivity index (χ0v) is 8.84. The van der Waals surface area contributed by atoms with Crippen LogP contribution in [0.15, 0.2) is 0 Å². The van der Waals surface area contributed by atoms with Gasteiger partial charge in [0, 0.05) is 6.61 Å². The number of hydrogen-bond acceptors (Lipinski definition) is 1. The van der Waals surface area contributed by atoms with Crippen LogP contribution in [0.2, 0.25) is 0 Å². The summed E-state index contributed by atoms with van der Waals surface area (Å²) in [5, 5.41) is 8.78. The Balaban J connectivity index is 3.31. The largest absolute Gasteiger partial charge is 0.396 e. The van der Waals surface area contributed by atoms with Gasteiger partial charge in [-0.05, 0) is 18.3 Å². The van der Waals surface area contributed by atoms with Crippen molar-refractivity contribution in [1.29, 1.82) is 0 Å². The summed E-state index contributed by atoms with van der Waals surface area (Å²) < 4.78 is 0. The first-order chi connectivity index (χ1) is 5.70. The summed E-state index contributed by atoms with van der Waals surface area (Å²) in [6, 6.07) is 0. The highest BCUT2D eigenvalue weighted by Gasteiger charge is 2.05. The van der Waals surface area contributed by atoms with Gasteiger partial charge in [0.2, 0.25) is 0 Å². The van der Waals surface area contributed by atoms with Crippen LogP contribution in [0, 0.1) is 11.8 Å². The predicted molar refractivity (Wildman–Crippen MR) is 54.2 cm³/mol. The molecule has 0 aliphatic heterocycles. The van der Waals surface area contributed by atoms with Crippen LogP contribution in [-0.4, -0.2) is 11.7 Å². The van der Waals surface area contributed by atoms with E-state index in [0.29, 0.717) is 6.61 Å². The monoisotopic (exact) mass is 172 g/mol. The Morgan fingerprint density at radius 1 is 1.08 bits per heavy atom. The molecule has 0 amide bonds. The molecule has 0 aliphatic carbocycles. The highest BCUT2D eigenvalue weighted by atomic mass is 16.3. The standard InChI is InChI=1S/C11H24O/c1-4-11(8-9-12)7-5-6-10(2)3/h10-12H,4-9H2,1-3H3. The molecular weight excluding hydrogens is 148 g/mol. The van der Waals surface area contributed by atoms with E-state index in [4.69, 9.17) is 5.11 Å². The van der Waals surface area contributed by atoms with Crippen molar-refractivity contribution in [2.45, 2.75) is 52.9 Å². The second-order valence-electron chi connectivity index (χ2n) is 4.11. The van der Waals surface area contributed by atoms with E-state index in [1.54, 1.807) is 0 Å². The van der Waals surface area contributed by atoms with Crippen LogP contribution in [-0.2, 0) is 0 Å². The maximum absolute atomic E-state index is 8.78. The van der Waals surface area contributed by atoms with Gasteiger partial charge in [-0.3, -0.25) is 0 Å². The molecule has 0 bridgehead atoms. The van der Waals surface area contributed by atoms with E-state index in [-0.39, 0.29) is 0 Å². The second kappa shape index (κ2) is 7.60. The number of aliphatic hydroxyl groups is 1. The minimum absolute atomic E-state index is 0.361. The summed E-state index contributed by atoms with van der Waals surface area (Å²) in [6.07, 6.45) is 6.18. The molecule has 0 saturated carbocycles. The van der Waals surface area contributed by atoms with Crippen LogP contribution in [0.1, 0.15) is 52.9 Å². The second-order valence-corrected chi connectivity index (χ2v) is 4.11. The minimum Gasteiger partial charge on any atom is -0.396 e. The number of rotatable bonds is 7. The van der Waals surface area contributed by atoms with Gasteiger partial charge < -0.3 is 5.11 Å². The fourth-order valence-corrected chi connectivity index (χ4v) is 1.55. The summed E-state index contributed by atoms with van der Waals surface area (Å²) >= 11 is 0. The van der Waals surface area contributed by atoms with Gasteiger partial charge in [0.05, 0.1) is 0 Å². The van der Waals surface area contributed by atoms with E-state index in [1.165, 1.54) is 25.7 Å². The van der Waals surface area contributed by atoms with E-state index in [1.807, 2.05) is 0 Å². The van der Waals surface area contributed by atoms with Crippen LogP contribution >= 0.6 is 0 Å². The molecule has 74 valence electrons. The molecule has 1 unspecified atom stereocenters. The van der Waals surface area contributed by atoms with E-state index >= 15 is 0 Å². The summed E-state index contributed by atoms with van der Waals surface area (Å²) in [6.45, 7) is 7.12. The average molecular weight is 172 g/mol. The zero-order valence-electron chi connectivity index (χ0n) is 8.84. The smallest absolute Gasteiger partial charge is 0.0433 e. The molecule has 0 aromatic heterocycles. The summed E-state index contributed by atoms with van der Waals surface area (Å²) in [5.41, 5.74) is 0. The van der Waals surface area contributed by atoms with E-state index in [0.717, 1.165) is 18.3 Å². The van der Waals surface area contributed by atoms with Crippen LogP contribution in [0.25, 0.3) is 0 Å². The number of aliphatic hydroxyl groups excluding tert-OH is 1. The van der Waals surface area contributed by atoms with Gasteiger partial charge in [-0.1, -0.05) is 46.5 Å². The first-order valence-corrected chi connectivity index (χ1v) is 5.31. The molecule has 0 aliphatic rings. The predicted octanol–water partition coefficient (Wildman–Crippen LogP) is 3.22. The van der Waals surface area contributed by atoms with Crippen LogP contribution in [0.3, 0.4) is 0 Å². The Morgan fingerprint density at radius 3 is 2.17 bits per heavy atom. The molecular formula is C11H24O. The minimum atomic E-state index is 0.361. The molecule has 0 rings (SSSR count). The van der Waals surface area contributed by atoms with Crippen molar-refractivity contribution in [1.82, 2.24) is 0 Å². The molecule has 1 heteroatoms. The van der Waals surface area contributed by atoms with Crippen molar-refractivity contribution in [3.8, 4) is 0 Å². The van der Waals surface area contributed by atoms with Crippen molar-refractivity contribution < 1.29 is 5.11 Å². The first kappa shape index (κ1) is 12.0. The quantitative estimate of drug-likeness (QED) is 0.625.